The predicted octanol–water partition coefficient (Wildman–Crippen LogP) is 4.34. The molecule has 1 unspecified atom stereocenters. The van der Waals surface area contributed by atoms with Crippen molar-refractivity contribution < 1.29 is 23.2 Å². The van der Waals surface area contributed by atoms with Crippen molar-refractivity contribution in [1.82, 2.24) is 10.6 Å². The number of rotatable bonds is 10. The molecule has 0 bridgehead atoms. The van der Waals surface area contributed by atoms with E-state index >= 15 is 0 Å². The molecule has 0 spiro atoms. The standard InChI is InChI=1S/C28H33FN4O4/c1-17(16-31-21-10-6-8-19(14-21)25(30)34)32-26(35)22(15-28(2,3)4)33-27(36)24-12-11-23(37-24)18-7-5-9-20(29)13-18/h5-14,17,22,31H,15-16H2,1-4H3,(H2,30,34)(H,32,35)(H,33,36)/t17-,22?/m0/s1. The van der Waals surface area contributed by atoms with Crippen LogP contribution < -0.4 is 21.7 Å². The van der Waals surface area contributed by atoms with E-state index in [1.807, 2.05) is 27.7 Å². The number of carbonyl (C=O) groups excluding carboxylic acids is 3. The van der Waals surface area contributed by atoms with E-state index in [-0.39, 0.29) is 23.1 Å². The van der Waals surface area contributed by atoms with E-state index < -0.39 is 23.7 Å². The average Bonchev–Trinajstić information content (AvgIpc) is 3.32. The maximum absolute atomic E-state index is 13.6. The number of carbonyl (C=O) groups is 3. The molecule has 196 valence electrons. The van der Waals surface area contributed by atoms with Gasteiger partial charge in [0.2, 0.25) is 11.8 Å². The van der Waals surface area contributed by atoms with Gasteiger partial charge in [-0.25, -0.2) is 4.39 Å². The summed E-state index contributed by atoms with van der Waals surface area (Å²) in [4.78, 5) is 37.4. The first-order valence-corrected chi connectivity index (χ1v) is 12.0. The zero-order valence-corrected chi connectivity index (χ0v) is 21.4. The van der Waals surface area contributed by atoms with Crippen molar-refractivity contribution >= 4 is 23.4 Å². The highest BCUT2D eigenvalue weighted by Crippen LogP contribution is 2.24. The van der Waals surface area contributed by atoms with E-state index in [0.717, 1.165) is 0 Å². The molecular formula is C28H33FN4O4. The van der Waals surface area contributed by atoms with Crippen molar-refractivity contribution in [2.24, 2.45) is 11.1 Å². The summed E-state index contributed by atoms with van der Waals surface area (Å²) < 4.78 is 19.2. The molecule has 0 fully saturated rings. The van der Waals surface area contributed by atoms with Crippen LogP contribution >= 0.6 is 0 Å². The van der Waals surface area contributed by atoms with E-state index in [2.05, 4.69) is 16.0 Å². The molecule has 3 aromatic rings. The predicted molar refractivity (Wildman–Crippen MR) is 140 cm³/mol. The quantitative estimate of drug-likeness (QED) is 0.324. The summed E-state index contributed by atoms with van der Waals surface area (Å²) in [7, 11) is 0. The molecule has 0 saturated heterocycles. The Hall–Kier alpha value is -4.14. The summed E-state index contributed by atoms with van der Waals surface area (Å²) in [6.45, 7) is 8.15. The van der Waals surface area contributed by atoms with Crippen molar-refractivity contribution in [2.45, 2.75) is 46.2 Å². The summed E-state index contributed by atoms with van der Waals surface area (Å²) in [6, 6.07) is 14.6. The van der Waals surface area contributed by atoms with Crippen LogP contribution in [0.15, 0.2) is 65.1 Å². The number of halogens is 1. The second kappa shape index (κ2) is 11.7. The minimum absolute atomic E-state index is 0.0232. The summed E-state index contributed by atoms with van der Waals surface area (Å²) in [5, 5.41) is 8.87. The minimum Gasteiger partial charge on any atom is -0.451 e. The summed E-state index contributed by atoms with van der Waals surface area (Å²) in [5.74, 6) is -1.44. The molecule has 0 radical (unpaired) electrons. The Morgan fingerprint density at radius 2 is 1.73 bits per heavy atom. The maximum atomic E-state index is 13.6. The van der Waals surface area contributed by atoms with Crippen LogP contribution in [0, 0.1) is 11.2 Å². The number of primary amides is 1. The van der Waals surface area contributed by atoms with Gasteiger partial charge >= 0.3 is 0 Å². The molecule has 2 atom stereocenters. The van der Waals surface area contributed by atoms with Gasteiger partial charge in [0, 0.05) is 29.4 Å². The number of hydrogen-bond donors (Lipinski definition) is 4. The largest absolute Gasteiger partial charge is 0.451 e. The third kappa shape index (κ3) is 8.20. The monoisotopic (exact) mass is 508 g/mol. The van der Waals surface area contributed by atoms with E-state index in [0.29, 0.717) is 35.5 Å². The van der Waals surface area contributed by atoms with Gasteiger partial charge < -0.3 is 26.1 Å². The van der Waals surface area contributed by atoms with E-state index in [1.165, 1.54) is 18.2 Å². The Morgan fingerprint density at radius 1 is 1.00 bits per heavy atom. The van der Waals surface area contributed by atoms with Gasteiger partial charge in [0.05, 0.1) is 0 Å². The molecule has 1 aromatic heterocycles. The Balaban J connectivity index is 1.64. The van der Waals surface area contributed by atoms with Gasteiger partial charge in [-0.05, 0) is 61.2 Å². The maximum Gasteiger partial charge on any atom is 0.287 e. The van der Waals surface area contributed by atoms with Crippen LogP contribution in [0.25, 0.3) is 11.3 Å². The van der Waals surface area contributed by atoms with Gasteiger partial charge in [0.1, 0.15) is 17.6 Å². The lowest BCUT2D eigenvalue weighted by Gasteiger charge is -2.27. The molecule has 1 heterocycles. The van der Waals surface area contributed by atoms with Gasteiger partial charge in [-0.1, -0.05) is 39.0 Å². The van der Waals surface area contributed by atoms with E-state index in [1.54, 1.807) is 42.5 Å². The van der Waals surface area contributed by atoms with Crippen LogP contribution in [-0.2, 0) is 4.79 Å². The van der Waals surface area contributed by atoms with Crippen LogP contribution in [0.1, 0.15) is 55.0 Å². The smallest absolute Gasteiger partial charge is 0.287 e. The molecular weight excluding hydrogens is 475 g/mol. The molecule has 3 rings (SSSR count). The molecule has 8 nitrogen and oxygen atoms in total. The number of nitrogens with one attached hydrogen (secondary N) is 3. The third-order valence-electron chi connectivity index (χ3n) is 5.53. The van der Waals surface area contributed by atoms with E-state index in [9.17, 15) is 18.8 Å². The van der Waals surface area contributed by atoms with Crippen LogP contribution in [0.2, 0.25) is 0 Å². The second-order valence-electron chi connectivity index (χ2n) is 10.2. The summed E-state index contributed by atoms with van der Waals surface area (Å²) in [6.07, 6.45) is 0.392. The van der Waals surface area contributed by atoms with Crippen LogP contribution in [0.3, 0.4) is 0 Å². The number of benzene rings is 2. The Labute approximate surface area is 215 Å². The highest BCUT2D eigenvalue weighted by molar-refractivity contribution is 5.96. The lowest BCUT2D eigenvalue weighted by Crippen LogP contribution is -2.51. The molecule has 0 aliphatic heterocycles. The fourth-order valence-electron chi connectivity index (χ4n) is 3.76. The normalized spacial score (nSPS) is 12.9. The van der Waals surface area contributed by atoms with Gasteiger partial charge in [0.15, 0.2) is 5.76 Å². The van der Waals surface area contributed by atoms with Crippen molar-refractivity contribution in [3.8, 4) is 11.3 Å². The van der Waals surface area contributed by atoms with Crippen LogP contribution in [-0.4, -0.2) is 36.3 Å². The lowest BCUT2D eigenvalue weighted by atomic mass is 9.87. The van der Waals surface area contributed by atoms with Gasteiger partial charge in [-0.15, -0.1) is 0 Å². The lowest BCUT2D eigenvalue weighted by molar-refractivity contribution is -0.124. The molecule has 0 aliphatic carbocycles. The second-order valence-corrected chi connectivity index (χ2v) is 10.2. The zero-order valence-electron chi connectivity index (χ0n) is 21.4. The molecule has 3 amide bonds. The van der Waals surface area contributed by atoms with Crippen LogP contribution in [0.4, 0.5) is 10.1 Å². The Kier molecular flexibility index (Phi) is 8.70. The third-order valence-corrected chi connectivity index (χ3v) is 5.53. The van der Waals surface area contributed by atoms with Crippen molar-refractivity contribution in [2.75, 3.05) is 11.9 Å². The SMILES string of the molecule is C[C@@H](CNc1cccc(C(N)=O)c1)NC(=O)C(CC(C)(C)C)NC(=O)c1ccc(-c2cccc(F)c2)o1. The first-order chi connectivity index (χ1) is 17.4. The first-order valence-electron chi connectivity index (χ1n) is 12.0. The number of furan rings is 1. The highest BCUT2D eigenvalue weighted by Gasteiger charge is 2.28. The average molecular weight is 509 g/mol. The van der Waals surface area contributed by atoms with Crippen LogP contribution in [0.5, 0.6) is 0 Å². The number of hydrogen-bond acceptors (Lipinski definition) is 5. The summed E-state index contributed by atoms with van der Waals surface area (Å²) >= 11 is 0. The summed E-state index contributed by atoms with van der Waals surface area (Å²) in [5.41, 5.74) is 6.66. The fraction of sp³-hybridized carbons (Fsp3) is 0.321. The molecule has 0 aliphatic rings. The Bertz CT molecular complexity index is 1260. The van der Waals surface area contributed by atoms with Crippen molar-refractivity contribution in [3.05, 3.63) is 77.8 Å². The van der Waals surface area contributed by atoms with Crippen molar-refractivity contribution in [3.63, 3.8) is 0 Å². The highest BCUT2D eigenvalue weighted by atomic mass is 19.1. The number of nitrogens with two attached hydrogens (primary N) is 1. The molecule has 0 saturated carbocycles. The minimum atomic E-state index is -0.809. The van der Waals surface area contributed by atoms with Gasteiger partial charge in [0.25, 0.3) is 5.91 Å². The molecule has 37 heavy (non-hydrogen) atoms. The fourth-order valence-corrected chi connectivity index (χ4v) is 3.76. The van der Waals surface area contributed by atoms with Gasteiger partial charge in [-0.2, -0.15) is 0 Å². The number of amides is 3. The van der Waals surface area contributed by atoms with Crippen molar-refractivity contribution in [1.29, 1.82) is 0 Å². The van der Waals surface area contributed by atoms with Gasteiger partial charge in [-0.3, -0.25) is 14.4 Å². The zero-order chi connectivity index (χ0) is 27.2. The molecule has 9 heteroatoms. The molecule has 5 N–H and O–H groups in total. The van der Waals surface area contributed by atoms with E-state index in [4.69, 9.17) is 10.2 Å². The molecule has 2 aromatic carbocycles. The topological polar surface area (TPSA) is 126 Å². The number of anilines is 1. The Morgan fingerprint density at radius 3 is 2.41 bits per heavy atom. The first kappa shape index (κ1) is 27.4.